The predicted octanol–water partition coefficient (Wildman–Crippen LogP) is 1.52. The molecular weight excluding hydrogens is 270 g/mol. The number of amides is 1. The molecule has 0 saturated heterocycles. The number of rotatable bonds is 5. The minimum Gasteiger partial charge on any atom is -0.408 e. The van der Waals surface area contributed by atoms with E-state index in [0.717, 1.165) is 5.56 Å². The van der Waals surface area contributed by atoms with Gasteiger partial charge < -0.3 is 15.1 Å². The maximum absolute atomic E-state index is 11.7. The highest BCUT2D eigenvalue weighted by atomic mass is 16.4. The van der Waals surface area contributed by atoms with Gasteiger partial charge in [0, 0.05) is 25.0 Å². The van der Waals surface area contributed by atoms with E-state index in [1.54, 1.807) is 12.1 Å². The first kappa shape index (κ1) is 15.3. The Labute approximate surface area is 122 Å². The van der Waals surface area contributed by atoms with Crippen LogP contribution in [-0.4, -0.2) is 23.0 Å². The number of benzene rings is 1. The molecule has 6 heteroatoms. The van der Waals surface area contributed by atoms with Gasteiger partial charge in [0.05, 0.1) is 5.52 Å². The maximum atomic E-state index is 11.7. The van der Waals surface area contributed by atoms with Gasteiger partial charge in [-0.2, -0.15) is 0 Å². The van der Waals surface area contributed by atoms with Crippen LogP contribution in [0.3, 0.4) is 0 Å². The molecule has 1 heterocycles. The fourth-order valence-electron chi connectivity index (χ4n) is 1.95. The molecule has 1 amide bonds. The Bertz CT molecular complexity index is 679. The van der Waals surface area contributed by atoms with Gasteiger partial charge in [0.25, 0.3) is 0 Å². The molecule has 114 valence electrons. The molecule has 0 spiro atoms. The highest BCUT2D eigenvalue weighted by Crippen LogP contribution is 2.11. The van der Waals surface area contributed by atoms with Gasteiger partial charge in [0.2, 0.25) is 5.91 Å². The smallest absolute Gasteiger partial charge is 0.408 e. The van der Waals surface area contributed by atoms with Crippen molar-refractivity contribution in [3.8, 4) is 0 Å². The molecule has 0 radical (unpaired) electrons. The largest absolute Gasteiger partial charge is 0.417 e. The van der Waals surface area contributed by atoms with Gasteiger partial charge in [-0.1, -0.05) is 6.07 Å². The zero-order chi connectivity index (χ0) is 15.5. The number of aromatic nitrogens is 1. The number of nitrogens with one attached hydrogen (secondary N) is 3. The summed E-state index contributed by atoms with van der Waals surface area (Å²) >= 11 is 0. The fraction of sp³-hybridized carbons (Fsp3) is 0.467. The van der Waals surface area contributed by atoms with Crippen LogP contribution < -0.4 is 16.4 Å². The maximum Gasteiger partial charge on any atom is 0.417 e. The van der Waals surface area contributed by atoms with E-state index in [4.69, 9.17) is 4.42 Å². The minimum absolute atomic E-state index is 0.00691. The summed E-state index contributed by atoms with van der Waals surface area (Å²) in [5, 5.41) is 6.12. The van der Waals surface area contributed by atoms with E-state index in [1.807, 2.05) is 6.07 Å². The van der Waals surface area contributed by atoms with Gasteiger partial charge in [0.15, 0.2) is 5.58 Å². The molecule has 0 atom stereocenters. The van der Waals surface area contributed by atoms with Crippen molar-refractivity contribution in [2.45, 2.75) is 39.3 Å². The molecule has 21 heavy (non-hydrogen) atoms. The second kappa shape index (κ2) is 6.13. The van der Waals surface area contributed by atoms with Crippen LogP contribution in [-0.2, 0) is 11.3 Å². The zero-order valence-electron chi connectivity index (χ0n) is 12.6. The van der Waals surface area contributed by atoms with Gasteiger partial charge in [0.1, 0.15) is 0 Å². The third kappa shape index (κ3) is 4.75. The van der Waals surface area contributed by atoms with Crippen LogP contribution in [0.1, 0.15) is 32.8 Å². The third-order valence-electron chi connectivity index (χ3n) is 2.98. The van der Waals surface area contributed by atoms with E-state index in [2.05, 4.69) is 36.4 Å². The lowest BCUT2D eigenvalue weighted by Gasteiger charge is -2.20. The van der Waals surface area contributed by atoms with Crippen molar-refractivity contribution in [1.82, 2.24) is 15.6 Å². The van der Waals surface area contributed by atoms with Crippen molar-refractivity contribution in [3.05, 3.63) is 34.3 Å². The van der Waals surface area contributed by atoms with Gasteiger partial charge >= 0.3 is 5.76 Å². The molecular formula is C15H21N3O3. The van der Waals surface area contributed by atoms with E-state index in [0.29, 0.717) is 30.6 Å². The minimum atomic E-state index is -0.473. The molecule has 0 aliphatic rings. The summed E-state index contributed by atoms with van der Waals surface area (Å²) in [5.74, 6) is -0.480. The Balaban J connectivity index is 1.83. The van der Waals surface area contributed by atoms with Gasteiger partial charge in [-0.05, 0) is 38.5 Å². The first-order valence-electron chi connectivity index (χ1n) is 6.97. The van der Waals surface area contributed by atoms with Gasteiger partial charge in [-0.3, -0.25) is 9.78 Å². The first-order chi connectivity index (χ1) is 9.83. The SMILES string of the molecule is CC(C)(C)NCCC(=O)NCc1ccc2oc(=O)[nH]c2c1. The molecule has 0 aliphatic heterocycles. The van der Waals surface area contributed by atoms with E-state index in [9.17, 15) is 9.59 Å². The molecule has 0 fully saturated rings. The molecule has 1 aromatic carbocycles. The number of oxazole rings is 1. The van der Waals surface area contributed by atoms with E-state index < -0.39 is 5.76 Å². The number of carbonyl (C=O) groups is 1. The molecule has 0 unspecified atom stereocenters. The molecule has 0 aliphatic carbocycles. The van der Waals surface area contributed by atoms with E-state index in [-0.39, 0.29) is 11.4 Å². The lowest BCUT2D eigenvalue weighted by Crippen LogP contribution is -2.38. The van der Waals surface area contributed by atoms with Crippen molar-refractivity contribution in [2.75, 3.05) is 6.54 Å². The molecule has 1 aromatic heterocycles. The standard InChI is InChI=1S/C15H21N3O3/c1-15(2,3)17-7-6-13(19)16-9-10-4-5-12-11(8-10)18-14(20)21-12/h4-5,8,17H,6-7,9H2,1-3H3,(H,16,19)(H,18,20). The summed E-state index contributed by atoms with van der Waals surface area (Å²) in [6.45, 7) is 7.25. The Hall–Kier alpha value is -2.08. The van der Waals surface area contributed by atoms with E-state index >= 15 is 0 Å². The van der Waals surface area contributed by atoms with Gasteiger partial charge in [-0.25, -0.2) is 4.79 Å². The predicted molar refractivity (Wildman–Crippen MR) is 81.1 cm³/mol. The Morgan fingerprint density at radius 3 is 2.81 bits per heavy atom. The number of H-pyrrole nitrogens is 1. The number of hydrogen-bond acceptors (Lipinski definition) is 4. The van der Waals surface area contributed by atoms with Crippen molar-refractivity contribution in [2.24, 2.45) is 0 Å². The topological polar surface area (TPSA) is 87.1 Å². The highest BCUT2D eigenvalue weighted by Gasteiger charge is 2.09. The van der Waals surface area contributed by atoms with Crippen molar-refractivity contribution in [1.29, 1.82) is 0 Å². The summed E-state index contributed by atoms with van der Waals surface area (Å²) < 4.78 is 4.93. The quantitative estimate of drug-likeness (QED) is 0.779. The van der Waals surface area contributed by atoms with E-state index in [1.165, 1.54) is 0 Å². The van der Waals surface area contributed by atoms with Crippen molar-refractivity contribution < 1.29 is 9.21 Å². The lowest BCUT2D eigenvalue weighted by molar-refractivity contribution is -0.121. The fourth-order valence-corrected chi connectivity index (χ4v) is 1.95. The van der Waals surface area contributed by atoms with Crippen LogP contribution in [0.25, 0.3) is 11.1 Å². The Kier molecular flexibility index (Phi) is 4.47. The molecule has 0 saturated carbocycles. The van der Waals surface area contributed by atoms with Crippen LogP contribution in [0.2, 0.25) is 0 Å². The summed E-state index contributed by atoms with van der Waals surface area (Å²) in [6, 6.07) is 5.34. The number of carbonyl (C=O) groups excluding carboxylic acids is 1. The second-order valence-corrected chi connectivity index (χ2v) is 6.05. The van der Waals surface area contributed by atoms with Crippen LogP contribution in [0.4, 0.5) is 0 Å². The summed E-state index contributed by atoms with van der Waals surface area (Å²) in [4.78, 5) is 25.4. The molecule has 3 N–H and O–H groups in total. The normalized spacial score (nSPS) is 11.8. The van der Waals surface area contributed by atoms with Crippen LogP contribution in [0.5, 0.6) is 0 Å². The average Bonchev–Trinajstić information content (AvgIpc) is 2.74. The van der Waals surface area contributed by atoms with Crippen molar-refractivity contribution in [3.63, 3.8) is 0 Å². The van der Waals surface area contributed by atoms with Crippen molar-refractivity contribution >= 4 is 17.0 Å². The molecule has 6 nitrogen and oxygen atoms in total. The van der Waals surface area contributed by atoms with Crippen LogP contribution in [0.15, 0.2) is 27.4 Å². The van der Waals surface area contributed by atoms with Crippen LogP contribution in [0, 0.1) is 0 Å². The average molecular weight is 291 g/mol. The second-order valence-electron chi connectivity index (χ2n) is 6.05. The third-order valence-corrected chi connectivity index (χ3v) is 2.98. The number of fused-ring (bicyclic) bond motifs is 1. The summed E-state index contributed by atoms with van der Waals surface area (Å²) in [7, 11) is 0. The molecule has 0 bridgehead atoms. The Morgan fingerprint density at radius 1 is 1.33 bits per heavy atom. The summed E-state index contributed by atoms with van der Waals surface area (Å²) in [5.41, 5.74) is 2.08. The number of hydrogen-bond donors (Lipinski definition) is 3. The monoisotopic (exact) mass is 291 g/mol. The summed E-state index contributed by atoms with van der Waals surface area (Å²) in [6.07, 6.45) is 0.433. The molecule has 2 rings (SSSR count). The zero-order valence-corrected chi connectivity index (χ0v) is 12.6. The molecule has 2 aromatic rings. The van der Waals surface area contributed by atoms with Gasteiger partial charge in [-0.15, -0.1) is 0 Å². The number of aromatic amines is 1. The van der Waals surface area contributed by atoms with Crippen LogP contribution >= 0.6 is 0 Å². The lowest BCUT2D eigenvalue weighted by atomic mass is 10.1. The Morgan fingerprint density at radius 2 is 2.10 bits per heavy atom. The highest BCUT2D eigenvalue weighted by molar-refractivity contribution is 5.76. The first-order valence-corrected chi connectivity index (χ1v) is 6.97.